The second kappa shape index (κ2) is 7.33. The fraction of sp³-hybridized carbons (Fsp3) is 0.133. The molecule has 2 aromatic rings. The van der Waals surface area contributed by atoms with Gasteiger partial charge in [0, 0.05) is 15.1 Å². The molecule has 3 nitrogen and oxygen atoms in total. The lowest BCUT2D eigenvalue weighted by molar-refractivity contribution is 0.0693. The molecule has 0 unspecified atom stereocenters. The van der Waals surface area contributed by atoms with Crippen molar-refractivity contribution in [2.24, 2.45) is 0 Å². The fourth-order valence-corrected chi connectivity index (χ4v) is 3.88. The van der Waals surface area contributed by atoms with E-state index in [0.29, 0.717) is 11.3 Å². The highest BCUT2D eigenvalue weighted by molar-refractivity contribution is 9.10. The number of carboxylic acid groups (broad SMARTS) is 1. The Kier molecular flexibility index (Phi) is 5.72. The Morgan fingerprint density at radius 2 is 2.00 bits per heavy atom. The minimum absolute atomic E-state index is 0.316. The van der Waals surface area contributed by atoms with Gasteiger partial charge in [-0.2, -0.15) is 0 Å². The van der Waals surface area contributed by atoms with Crippen molar-refractivity contribution in [3.8, 4) is 5.75 Å². The van der Waals surface area contributed by atoms with Gasteiger partial charge in [0.1, 0.15) is 5.75 Å². The first-order chi connectivity index (χ1) is 10.0. The van der Waals surface area contributed by atoms with Crippen molar-refractivity contribution >= 4 is 49.6 Å². The van der Waals surface area contributed by atoms with Crippen LogP contribution in [0.15, 0.2) is 50.2 Å². The molecule has 0 radical (unpaired) electrons. The van der Waals surface area contributed by atoms with Crippen molar-refractivity contribution in [1.29, 1.82) is 0 Å². The quantitative estimate of drug-likeness (QED) is 0.660. The Labute approximate surface area is 144 Å². The van der Waals surface area contributed by atoms with Crippen LogP contribution in [0.25, 0.3) is 0 Å². The van der Waals surface area contributed by atoms with Crippen molar-refractivity contribution in [2.45, 2.75) is 10.6 Å². The van der Waals surface area contributed by atoms with Gasteiger partial charge in [-0.25, -0.2) is 4.79 Å². The normalized spacial score (nSPS) is 10.4. The summed E-state index contributed by atoms with van der Waals surface area (Å²) in [4.78, 5) is 12.0. The van der Waals surface area contributed by atoms with E-state index in [-0.39, 0.29) is 0 Å². The molecule has 2 aromatic carbocycles. The van der Waals surface area contributed by atoms with Crippen LogP contribution in [0.4, 0.5) is 0 Å². The number of carboxylic acids is 1. The molecule has 0 saturated carbocycles. The predicted molar refractivity (Wildman–Crippen MR) is 91.4 cm³/mol. The molecule has 0 spiro atoms. The summed E-state index contributed by atoms with van der Waals surface area (Å²) in [5, 5.41) is 9.21. The van der Waals surface area contributed by atoms with E-state index in [1.54, 1.807) is 19.2 Å². The number of halogens is 2. The summed E-state index contributed by atoms with van der Waals surface area (Å²) in [6, 6.07) is 11.0. The van der Waals surface area contributed by atoms with Crippen LogP contribution in [0.5, 0.6) is 5.75 Å². The number of benzene rings is 2. The van der Waals surface area contributed by atoms with Gasteiger partial charge in [-0.1, -0.05) is 22.0 Å². The fourth-order valence-electron chi connectivity index (χ4n) is 1.75. The molecule has 21 heavy (non-hydrogen) atoms. The van der Waals surface area contributed by atoms with E-state index < -0.39 is 5.97 Å². The van der Waals surface area contributed by atoms with Crippen LogP contribution in [-0.4, -0.2) is 18.2 Å². The molecule has 0 heterocycles. The molecule has 0 aliphatic rings. The molecule has 2 rings (SSSR count). The van der Waals surface area contributed by atoms with Gasteiger partial charge in [0.25, 0.3) is 0 Å². The number of ether oxygens (including phenoxy) is 1. The Hall–Kier alpha value is -0.980. The molecule has 0 aromatic heterocycles. The lowest BCUT2D eigenvalue weighted by Crippen LogP contribution is -1.98. The minimum atomic E-state index is -0.916. The van der Waals surface area contributed by atoms with Crippen LogP contribution >= 0.6 is 43.6 Å². The maximum atomic E-state index is 11.2. The SMILES string of the molecule is COc1ccc(CSc2cc(Br)ccc2C(=O)O)cc1Br. The molecule has 0 saturated heterocycles. The summed E-state index contributed by atoms with van der Waals surface area (Å²) in [7, 11) is 1.62. The number of thioether (sulfide) groups is 1. The highest BCUT2D eigenvalue weighted by Gasteiger charge is 2.11. The van der Waals surface area contributed by atoms with Crippen molar-refractivity contribution in [2.75, 3.05) is 7.11 Å². The predicted octanol–water partition coefficient (Wildman–Crippen LogP) is 5.21. The number of aromatic carboxylic acids is 1. The highest BCUT2D eigenvalue weighted by Crippen LogP contribution is 2.32. The van der Waals surface area contributed by atoms with Crippen molar-refractivity contribution in [1.82, 2.24) is 0 Å². The average Bonchev–Trinajstić information content (AvgIpc) is 2.45. The average molecular weight is 432 g/mol. The van der Waals surface area contributed by atoms with Crippen LogP contribution in [0.3, 0.4) is 0 Å². The summed E-state index contributed by atoms with van der Waals surface area (Å²) in [6.45, 7) is 0. The molecule has 6 heteroatoms. The smallest absolute Gasteiger partial charge is 0.336 e. The zero-order chi connectivity index (χ0) is 15.4. The van der Waals surface area contributed by atoms with Gasteiger partial charge < -0.3 is 9.84 Å². The number of hydrogen-bond acceptors (Lipinski definition) is 3. The zero-order valence-corrected chi connectivity index (χ0v) is 15.1. The largest absolute Gasteiger partial charge is 0.496 e. The van der Waals surface area contributed by atoms with Gasteiger partial charge in [-0.3, -0.25) is 0 Å². The zero-order valence-electron chi connectivity index (χ0n) is 11.1. The maximum absolute atomic E-state index is 11.2. The Morgan fingerprint density at radius 3 is 2.62 bits per heavy atom. The molecule has 0 atom stereocenters. The van der Waals surface area contributed by atoms with Gasteiger partial charge >= 0.3 is 5.97 Å². The molecule has 0 bridgehead atoms. The van der Waals surface area contributed by atoms with Gasteiger partial charge in [-0.15, -0.1) is 11.8 Å². The molecule has 110 valence electrons. The van der Waals surface area contributed by atoms with Gasteiger partial charge in [0.05, 0.1) is 17.1 Å². The maximum Gasteiger partial charge on any atom is 0.336 e. The number of carbonyl (C=O) groups is 1. The number of rotatable bonds is 5. The molecule has 0 aliphatic carbocycles. The van der Waals surface area contributed by atoms with E-state index in [0.717, 1.165) is 25.2 Å². The van der Waals surface area contributed by atoms with E-state index in [1.165, 1.54) is 11.8 Å². The summed E-state index contributed by atoms with van der Waals surface area (Å²) >= 11 is 8.31. The van der Waals surface area contributed by atoms with E-state index in [1.807, 2.05) is 24.3 Å². The minimum Gasteiger partial charge on any atom is -0.496 e. The highest BCUT2D eigenvalue weighted by atomic mass is 79.9. The third-order valence-electron chi connectivity index (χ3n) is 2.78. The first-order valence-corrected chi connectivity index (χ1v) is 8.56. The Bertz CT molecular complexity index is 674. The van der Waals surface area contributed by atoms with E-state index in [2.05, 4.69) is 31.9 Å². The molecule has 1 N–H and O–H groups in total. The summed E-state index contributed by atoms with van der Waals surface area (Å²) < 4.78 is 6.94. The Morgan fingerprint density at radius 1 is 1.24 bits per heavy atom. The lowest BCUT2D eigenvalue weighted by atomic mass is 10.2. The topological polar surface area (TPSA) is 46.5 Å². The van der Waals surface area contributed by atoms with Crippen LogP contribution in [0, 0.1) is 0 Å². The molecular formula is C15H12Br2O3S. The second-order valence-electron chi connectivity index (χ2n) is 4.20. The van der Waals surface area contributed by atoms with Crippen molar-refractivity contribution in [3.63, 3.8) is 0 Å². The number of methoxy groups -OCH3 is 1. The lowest BCUT2D eigenvalue weighted by Gasteiger charge is -2.08. The van der Waals surface area contributed by atoms with Crippen LogP contribution in [0.1, 0.15) is 15.9 Å². The van der Waals surface area contributed by atoms with E-state index >= 15 is 0 Å². The van der Waals surface area contributed by atoms with E-state index in [4.69, 9.17) is 4.74 Å². The second-order valence-corrected chi connectivity index (χ2v) is 6.99. The van der Waals surface area contributed by atoms with E-state index in [9.17, 15) is 9.90 Å². The standard InChI is InChI=1S/C15H12Br2O3S/c1-20-13-5-2-9(6-12(13)17)8-21-14-7-10(16)3-4-11(14)15(18)19/h2-7H,8H2,1H3,(H,18,19). The van der Waals surface area contributed by atoms with Gasteiger partial charge in [0.15, 0.2) is 0 Å². The van der Waals surface area contributed by atoms with Crippen LogP contribution in [-0.2, 0) is 5.75 Å². The third kappa shape index (κ3) is 4.25. The molecule has 0 fully saturated rings. The third-order valence-corrected chi connectivity index (χ3v) is 5.02. The van der Waals surface area contributed by atoms with Gasteiger partial charge in [0.2, 0.25) is 0 Å². The Balaban J connectivity index is 2.18. The number of hydrogen-bond donors (Lipinski definition) is 1. The van der Waals surface area contributed by atoms with Crippen molar-refractivity contribution in [3.05, 3.63) is 56.5 Å². The first-order valence-electron chi connectivity index (χ1n) is 5.99. The molecular weight excluding hydrogens is 420 g/mol. The van der Waals surface area contributed by atoms with Crippen LogP contribution in [0.2, 0.25) is 0 Å². The summed E-state index contributed by atoms with van der Waals surface area (Å²) in [5.74, 6) is 0.539. The summed E-state index contributed by atoms with van der Waals surface area (Å²) in [5.41, 5.74) is 1.40. The van der Waals surface area contributed by atoms with Crippen LogP contribution < -0.4 is 4.74 Å². The first kappa shape index (κ1) is 16.4. The molecule has 0 aliphatic heterocycles. The van der Waals surface area contributed by atoms with Crippen molar-refractivity contribution < 1.29 is 14.6 Å². The summed E-state index contributed by atoms with van der Waals surface area (Å²) in [6.07, 6.45) is 0. The monoisotopic (exact) mass is 430 g/mol. The molecule has 0 amide bonds. The van der Waals surface area contributed by atoms with Gasteiger partial charge in [-0.05, 0) is 51.8 Å².